The lowest BCUT2D eigenvalue weighted by atomic mass is 10.0. The molecule has 0 fully saturated rings. The zero-order chi connectivity index (χ0) is 15.3. The molecule has 0 saturated carbocycles. The lowest BCUT2D eigenvalue weighted by Gasteiger charge is -2.23. The number of rotatable bonds is 6. The monoisotopic (exact) mass is 320 g/mol. The van der Waals surface area contributed by atoms with Gasteiger partial charge in [-0.15, -0.1) is 0 Å². The van der Waals surface area contributed by atoms with Gasteiger partial charge in [0.05, 0.1) is 21.2 Å². The maximum atomic E-state index is 12.0. The third-order valence-electron chi connectivity index (χ3n) is 2.77. The minimum atomic E-state index is -1.07. The van der Waals surface area contributed by atoms with Crippen molar-refractivity contribution in [2.75, 3.05) is 26.0 Å². The zero-order valence-corrected chi connectivity index (χ0v) is 12.9. The van der Waals surface area contributed by atoms with Crippen molar-refractivity contribution in [2.24, 2.45) is 0 Å². The molecule has 1 rings (SSSR count). The molecule has 1 aromatic rings. The van der Waals surface area contributed by atoms with Crippen molar-refractivity contribution in [3.8, 4) is 0 Å². The number of hydrogen-bond acceptors (Lipinski definition) is 4. The molecule has 0 aromatic heterocycles. The first kappa shape index (κ1) is 17.0. The number of carbonyl (C=O) groups is 1. The molecule has 0 radical (unpaired) electrons. The van der Waals surface area contributed by atoms with Gasteiger partial charge in [-0.2, -0.15) is 0 Å². The summed E-state index contributed by atoms with van der Waals surface area (Å²) in [6.07, 6.45) is 0.398. The molecule has 0 bridgehead atoms. The zero-order valence-electron chi connectivity index (χ0n) is 11.4. The standard InChI is InChI=1S/C13H18Cl2N2O3/c1-13(19,3-4-20-2)7-17-12(18)9-5-8(16)6-10(14)11(9)15/h5-6,19H,3-4,7,16H2,1-2H3,(H,17,18). The van der Waals surface area contributed by atoms with Crippen LogP contribution in [0.15, 0.2) is 12.1 Å². The maximum absolute atomic E-state index is 12.0. The van der Waals surface area contributed by atoms with Gasteiger partial charge in [0.15, 0.2) is 0 Å². The number of methoxy groups -OCH3 is 1. The first-order valence-corrected chi connectivity index (χ1v) is 6.76. The second kappa shape index (κ2) is 7.13. The molecule has 5 nitrogen and oxygen atoms in total. The van der Waals surface area contributed by atoms with E-state index in [1.165, 1.54) is 12.1 Å². The first-order chi connectivity index (χ1) is 9.26. The average Bonchev–Trinajstić information content (AvgIpc) is 2.38. The van der Waals surface area contributed by atoms with E-state index in [0.717, 1.165) is 0 Å². The maximum Gasteiger partial charge on any atom is 0.253 e. The van der Waals surface area contributed by atoms with E-state index >= 15 is 0 Å². The highest BCUT2D eigenvalue weighted by Gasteiger charge is 2.22. The summed E-state index contributed by atoms with van der Waals surface area (Å²) >= 11 is 11.8. The van der Waals surface area contributed by atoms with E-state index in [4.69, 9.17) is 33.7 Å². The Balaban J connectivity index is 2.73. The molecule has 1 amide bonds. The molecule has 20 heavy (non-hydrogen) atoms. The van der Waals surface area contributed by atoms with Crippen LogP contribution in [0.4, 0.5) is 5.69 Å². The number of amides is 1. The van der Waals surface area contributed by atoms with Crippen LogP contribution in [0.25, 0.3) is 0 Å². The molecule has 7 heteroatoms. The molecular weight excluding hydrogens is 303 g/mol. The molecule has 0 aliphatic carbocycles. The van der Waals surface area contributed by atoms with Crippen molar-refractivity contribution in [3.05, 3.63) is 27.7 Å². The lowest BCUT2D eigenvalue weighted by Crippen LogP contribution is -2.41. The summed E-state index contributed by atoms with van der Waals surface area (Å²) in [5.74, 6) is -0.443. The van der Waals surface area contributed by atoms with Crippen LogP contribution >= 0.6 is 23.2 Å². The molecule has 0 saturated heterocycles. The fraction of sp³-hybridized carbons (Fsp3) is 0.462. The van der Waals surface area contributed by atoms with Crippen LogP contribution in [0.2, 0.25) is 10.0 Å². The van der Waals surface area contributed by atoms with Gasteiger partial charge in [-0.05, 0) is 19.1 Å². The average molecular weight is 321 g/mol. The van der Waals surface area contributed by atoms with E-state index in [0.29, 0.717) is 18.7 Å². The van der Waals surface area contributed by atoms with E-state index < -0.39 is 11.5 Å². The Hall–Kier alpha value is -1.01. The van der Waals surface area contributed by atoms with Crippen LogP contribution < -0.4 is 11.1 Å². The molecule has 0 heterocycles. The van der Waals surface area contributed by atoms with Crippen LogP contribution in [-0.2, 0) is 4.74 Å². The third kappa shape index (κ3) is 4.83. The minimum Gasteiger partial charge on any atom is -0.399 e. The summed E-state index contributed by atoms with van der Waals surface area (Å²) in [6, 6.07) is 2.91. The number of nitrogens with one attached hydrogen (secondary N) is 1. The Kier molecular flexibility index (Phi) is 6.07. The van der Waals surface area contributed by atoms with Gasteiger partial charge in [0, 0.05) is 32.4 Å². The van der Waals surface area contributed by atoms with Gasteiger partial charge < -0.3 is 20.9 Å². The van der Waals surface area contributed by atoms with Gasteiger partial charge in [-0.25, -0.2) is 0 Å². The number of carbonyl (C=O) groups excluding carboxylic acids is 1. The molecule has 4 N–H and O–H groups in total. The Morgan fingerprint density at radius 2 is 2.15 bits per heavy atom. The number of hydrogen-bond donors (Lipinski definition) is 3. The number of anilines is 1. The van der Waals surface area contributed by atoms with Crippen molar-refractivity contribution in [3.63, 3.8) is 0 Å². The molecule has 0 aliphatic rings. The summed E-state index contributed by atoms with van der Waals surface area (Å²) < 4.78 is 4.89. The SMILES string of the molecule is COCCC(C)(O)CNC(=O)c1cc(N)cc(Cl)c1Cl. The quantitative estimate of drug-likeness (QED) is 0.701. The number of nitrogen functional groups attached to an aromatic ring is 1. The van der Waals surface area contributed by atoms with E-state index in [9.17, 15) is 9.90 Å². The smallest absolute Gasteiger partial charge is 0.253 e. The largest absolute Gasteiger partial charge is 0.399 e. The summed E-state index contributed by atoms with van der Waals surface area (Å²) in [7, 11) is 1.54. The highest BCUT2D eigenvalue weighted by molar-refractivity contribution is 6.44. The number of aliphatic hydroxyl groups is 1. The molecular formula is C13H18Cl2N2O3. The summed E-state index contributed by atoms with van der Waals surface area (Å²) in [5, 5.41) is 13.0. The second-order valence-corrected chi connectivity index (χ2v) is 5.57. The van der Waals surface area contributed by atoms with Gasteiger partial charge in [0.2, 0.25) is 0 Å². The molecule has 1 atom stereocenters. The second-order valence-electron chi connectivity index (χ2n) is 4.79. The van der Waals surface area contributed by atoms with Crippen molar-refractivity contribution in [1.29, 1.82) is 0 Å². The Bertz CT molecular complexity index is 493. The number of benzene rings is 1. The van der Waals surface area contributed by atoms with Crippen LogP contribution in [0, 0.1) is 0 Å². The predicted molar refractivity (Wildman–Crippen MR) is 80.3 cm³/mol. The molecule has 112 valence electrons. The highest BCUT2D eigenvalue weighted by atomic mass is 35.5. The summed E-state index contributed by atoms with van der Waals surface area (Å²) in [4.78, 5) is 12.0. The Morgan fingerprint density at radius 1 is 1.50 bits per heavy atom. The minimum absolute atomic E-state index is 0.0674. The molecule has 0 aliphatic heterocycles. The Morgan fingerprint density at radius 3 is 2.75 bits per heavy atom. The van der Waals surface area contributed by atoms with Gasteiger partial charge >= 0.3 is 0 Å². The van der Waals surface area contributed by atoms with Crippen molar-refractivity contribution >= 4 is 34.8 Å². The van der Waals surface area contributed by atoms with Crippen molar-refractivity contribution in [2.45, 2.75) is 18.9 Å². The first-order valence-electron chi connectivity index (χ1n) is 6.01. The summed E-state index contributed by atoms with van der Waals surface area (Å²) in [5.41, 5.74) is 5.08. The molecule has 1 unspecified atom stereocenters. The number of ether oxygens (including phenoxy) is 1. The predicted octanol–water partition coefficient (Wildman–Crippen LogP) is 2.09. The number of nitrogens with two attached hydrogens (primary N) is 1. The van der Waals surface area contributed by atoms with Gasteiger partial charge in [0.1, 0.15) is 0 Å². The van der Waals surface area contributed by atoms with Crippen molar-refractivity contribution < 1.29 is 14.6 Å². The summed E-state index contributed by atoms with van der Waals surface area (Å²) in [6.45, 7) is 2.08. The fourth-order valence-electron chi connectivity index (χ4n) is 1.55. The van der Waals surface area contributed by atoms with Gasteiger partial charge in [-0.3, -0.25) is 4.79 Å². The van der Waals surface area contributed by atoms with Crippen molar-refractivity contribution in [1.82, 2.24) is 5.32 Å². The number of halogens is 2. The van der Waals surface area contributed by atoms with E-state index in [1.807, 2.05) is 0 Å². The van der Waals surface area contributed by atoms with E-state index in [1.54, 1.807) is 14.0 Å². The molecule has 0 spiro atoms. The van der Waals surface area contributed by atoms with E-state index in [2.05, 4.69) is 5.32 Å². The Labute approximate surface area is 128 Å². The highest BCUT2D eigenvalue weighted by Crippen LogP contribution is 2.28. The van der Waals surface area contributed by atoms with Gasteiger partial charge in [-0.1, -0.05) is 23.2 Å². The lowest BCUT2D eigenvalue weighted by molar-refractivity contribution is 0.0243. The van der Waals surface area contributed by atoms with E-state index in [-0.39, 0.29) is 22.2 Å². The topological polar surface area (TPSA) is 84.6 Å². The third-order valence-corrected chi connectivity index (χ3v) is 3.57. The normalized spacial score (nSPS) is 13.8. The van der Waals surface area contributed by atoms with Gasteiger partial charge in [0.25, 0.3) is 5.91 Å². The molecule has 1 aromatic carbocycles. The van der Waals surface area contributed by atoms with Crippen LogP contribution in [0.1, 0.15) is 23.7 Å². The van der Waals surface area contributed by atoms with Crippen LogP contribution in [0.3, 0.4) is 0 Å². The van der Waals surface area contributed by atoms with Crippen LogP contribution in [-0.4, -0.2) is 36.9 Å². The van der Waals surface area contributed by atoms with Crippen LogP contribution in [0.5, 0.6) is 0 Å². The fourth-order valence-corrected chi connectivity index (χ4v) is 1.97.